The Labute approximate surface area is 144 Å². The van der Waals surface area contributed by atoms with Crippen molar-refractivity contribution in [2.24, 2.45) is 0 Å². The van der Waals surface area contributed by atoms with Crippen LogP contribution in [0.15, 0.2) is 48.7 Å². The molecule has 24 heavy (non-hydrogen) atoms. The molecule has 0 aliphatic carbocycles. The van der Waals surface area contributed by atoms with Gasteiger partial charge in [-0.2, -0.15) is 0 Å². The quantitative estimate of drug-likeness (QED) is 0.718. The third kappa shape index (κ3) is 2.65. The zero-order valence-electron chi connectivity index (χ0n) is 13.1. The van der Waals surface area contributed by atoms with E-state index in [0.29, 0.717) is 29.6 Å². The normalized spacial score (nSPS) is 15.8. The Morgan fingerprint density at radius 3 is 2.58 bits per heavy atom. The Kier molecular flexibility index (Phi) is 3.94. The second-order valence-corrected chi connectivity index (χ2v) is 6.44. The average molecular weight is 341 g/mol. The fourth-order valence-corrected chi connectivity index (χ4v) is 3.50. The van der Waals surface area contributed by atoms with Crippen LogP contribution in [0.2, 0.25) is 5.02 Å². The molecule has 1 aliphatic rings. The zero-order valence-corrected chi connectivity index (χ0v) is 13.9. The Hall–Kier alpha value is -2.40. The number of piperidine rings is 1. The number of benzene rings is 1. The molecule has 1 aromatic carbocycles. The van der Waals surface area contributed by atoms with E-state index in [9.17, 15) is 4.79 Å². The van der Waals surface area contributed by atoms with Gasteiger partial charge in [0.25, 0.3) is 5.91 Å². The second kappa shape index (κ2) is 6.24. The van der Waals surface area contributed by atoms with Gasteiger partial charge in [0.05, 0.1) is 10.6 Å². The summed E-state index contributed by atoms with van der Waals surface area (Å²) in [6.45, 7) is 1.41. The van der Waals surface area contributed by atoms with Crippen LogP contribution in [0, 0.1) is 0 Å². The van der Waals surface area contributed by atoms with Crippen LogP contribution >= 0.6 is 11.6 Å². The van der Waals surface area contributed by atoms with Gasteiger partial charge in [-0.3, -0.25) is 9.20 Å². The number of hydrogen-bond donors (Lipinski definition) is 0. The molecule has 0 radical (unpaired) electrons. The molecule has 1 saturated heterocycles. The number of carbonyl (C=O) groups excluding carboxylic acids is 1. The van der Waals surface area contributed by atoms with Crippen molar-refractivity contribution in [1.82, 2.24) is 19.5 Å². The molecule has 2 aromatic heterocycles. The summed E-state index contributed by atoms with van der Waals surface area (Å²) in [5.74, 6) is 1.30. The van der Waals surface area contributed by atoms with E-state index in [2.05, 4.69) is 10.2 Å². The van der Waals surface area contributed by atoms with E-state index in [0.717, 1.165) is 24.3 Å². The van der Waals surface area contributed by atoms with E-state index in [4.69, 9.17) is 11.6 Å². The fraction of sp³-hybridized carbons (Fsp3) is 0.278. The Morgan fingerprint density at radius 2 is 1.79 bits per heavy atom. The van der Waals surface area contributed by atoms with Crippen LogP contribution in [0.5, 0.6) is 0 Å². The summed E-state index contributed by atoms with van der Waals surface area (Å²) in [6, 6.07) is 13.1. The first-order valence-corrected chi connectivity index (χ1v) is 8.45. The Bertz CT molecular complexity index is 883. The number of hydrogen-bond acceptors (Lipinski definition) is 3. The topological polar surface area (TPSA) is 50.5 Å². The molecular formula is C18H17ClN4O. The maximum Gasteiger partial charge on any atom is 0.255 e. The van der Waals surface area contributed by atoms with Crippen LogP contribution in [-0.2, 0) is 0 Å². The Balaban J connectivity index is 1.49. The summed E-state index contributed by atoms with van der Waals surface area (Å²) in [4.78, 5) is 14.5. The standard InChI is InChI=1S/C18H17ClN4O/c19-15-6-2-1-5-14(15)18(24)22-11-8-13(9-12-22)17-21-20-16-7-3-4-10-23(16)17/h1-7,10,13H,8-9,11-12H2. The van der Waals surface area contributed by atoms with Gasteiger partial charge in [-0.05, 0) is 37.1 Å². The summed E-state index contributed by atoms with van der Waals surface area (Å²) < 4.78 is 2.04. The first-order chi connectivity index (χ1) is 11.7. The van der Waals surface area contributed by atoms with Crippen LogP contribution in [-0.4, -0.2) is 38.5 Å². The zero-order chi connectivity index (χ0) is 16.5. The predicted molar refractivity (Wildman–Crippen MR) is 92.3 cm³/mol. The number of rotatable bonds is 2. The molecule has 3 heterocycles. The molecule has 1 fully saturated rings. The van der Waals surface area contributed by atoms with E-state index in [1.807, 2.05) is 45.8 Å². The number of nitrogens with zero attached hydrogens (tertiary/aromatic N) is 4. The van der Waals surface area contributed by atoms with Crippen molar-refractivity contribution in [3.05, 3.63) is 65.1 Å². The number of halogens is 1. The van der Waals surface area contributed by atoms with Crippen molar-refractivity contribution in [3.63, 3.8) is 0 Å². The largest absolute Gasteiger partial charge is 0.339 e. The van der Waals surface area contributed by atoms with Gasteiger partial charge >= 0.3 is 0 Å². The Morgan fingerprint density at radius 1 is 1.04 bits per heavy atom. The van der Waals surface area contributed by atoms with Gasteiger partial charge < -0.3 is 4.90 Å². The molecule has 0 N–H and O–H groups in total. The summed E-state index contributed by atoms with van der Waals surface area (Å²) in [7, 11) is 0. The van der Waals surface area contributed by atoms with Gasteiger partial charge in [0.1, 0.15) is 5.82 Å². The maximum absolute atomic E-state index is 12.6. The summed E-state index contributed by atoms with van der Waals surface area (Å²) in [5, 5.41) is 9.08. The third-order valence-electron chi connectivity index (χ3n) is 4.59. The molecule has 6 heteroatoms. The van der Waals surface area contributed by atoms with Gasteiger partial charge in [-0.15, -0.1) is 10.2 Å². The summed E-state index contributed by atoms with van der Waals surface area (Å²) in [6.07, 6.45) is 3.75. The van der Waals surface area contributed by atoms with Gasteiger partial charge in [-0.1, -0.05) is 29.8 Å². The number of aromatic nitrogens is 3. The fourth-order valence-electron chi connectivity index (χ4n) is 3.28. The molecule has 1 amide bonds. The van der Waals surface area contributed by atoms with Gasteiger partial charge in [-0.25, -0.2) is 0 Å². The third-order valence-corrected chi connectivity index (χ3v) is 4.92. The minimum absolute atomic E-state index is 0.00477. The van der Waals surface area contributed by atoms with E-state index < -0.39 is 0 Å². The highest BCUT2D eigenvalue weighted by molar-refractivity contribution is 6.33. The van der Waals surface area contributed by atoms with E-state index in [-0.39, 0.29) is 5.91 Å². The first kappa shape index (κ1) is 15.1. The molecule has 0 saturated carbocycles. The highest BCUT2D eigenvalue weighted by Gasteiger charge is 2.27. The SMILES string of the molecule is O=C(c1ccccc1Cl)N1CCC(c2nnc3ccccn23)CC1. The van der Waals surface area contributed by atoms with Crippen molar-refractivity contribution in [3.8, 4) is 0 Å². The van der Waals surface area contributed by atoms with E-state index >= 15 is 0 Å². The van der Waals surface area contributed by atoms with Crippen molar-refractivity contribution < 1.29 is 4.79 Å². The molecule has 4 rings (SSSR count). The summed E-state index contributed by atoms with van der Waals surface area (Å²) >= 11 is 6.14. The number of amides is 1. The van der Waals surface area contributed by atoms with Gasteiger partial charge in [0.2, 0.25) is 0 Å². The van der Waals surface area contributed by atoms with Crippen molar-refractivity contribution in [2.45, 2.75) is 18.8 Å². The maximum atomic E-state index is 12.6. The lowest BCUT2D eigenvalue weighted by atomic mass is 9.95. The molecule has 122 valence electrons. The molecular weight excluding hydrogens is 324 g/mol. The van der Waals surface area contributed by atoms with Crippen molar-refractivity contribution >= 4 is 23.2 Å². The monoisotopic (exact) mass is 340 g/mol. The van der Waals surface area contributed by atoms with Crippen LogP contribution < -0.4 is 0 Å². The lowest BCUT2D eigenvalue weighted by Crippen LogP contribution is -2.38. The van der Waals surface area contributed by atoms with Gasteiger partial charge in [0.15, 0.2) is 5.65 Å². The number of pyridine rings is 1. The van der Waals surface area contributed by atoms with Crippen LogP contribution in [0.25, 0.3) is 5.65 Å². The average Bonchev–Trinajstić information content (AvgIpc) is 3.06. The smallest absolute Gasteiger partial charge is 0.255 e. The summed E-state index contributed by atoms with van der Waals surface area (Å²) in [5.41, 5.74) is 1.44. The lowest BCUT2D eigenvalue weighted by Gasteiger charge is -2.31. The van der Waals surface area contributed by atoms with Crippen LogP contribution in [0.1, 0.15) is 34.9 Å². The van der Waals surface area contributed by atoms with Crippen molar-refractivity contribution in [1.29, 1.82) is 0 Å². The van der Waals surface area contributed by atoms with Gasteiger partial charge in [0, 0.05) is 25.2 Å². The van der Waals surface area contributed by atoms with E-state index in [1.54, 1.807) is 12.1 Å². The van der Waals surface area contributed by atoms with Crippen LogP contribution in [0.3, 0.4) is 0 Å². The number of likely N-dealkylation sites (tertiary alicyclic amines) is 1. The minimum Gasteiger partial charge on any atom is -0.339 e. The van der Waals surface area contributed by atoms with E-state index in [1.165, 1.54) is 0 Å². The number of carbonyl (C=O) groups is 1. The van der Waals surface area contributed by atoms with Crippen LogP contribution in [0.4, 0.5) is 0 Å². The first-order valence-electron chi connectivity index (χ1n) is 8.07. The van der Waals surface area contributed by atoms with Crippen molar-refractivity contribution in [2.75, 3.05) is 13.1 Å². The minimum atomic E-state index is 0.00477. The number of fused-ring (bicyclic) bond motifs is 1. The molecule has 0 spiro atoms. The molecule has 5 nitrogen and oxygen atoms in total. The highest BCUT2D eigenvalue weighted by Crippen LogP contribution is 2.28. The molecule has 1 aliphatic heterocycles. The molecule has 0 bridgehead atoms. The molecule has 0 atom stereocenters. The predicted octanol–water partition coefficient (Wildman–Crippen LogP) is 3.40. The lowest BCUT2D eigenvalue weighted by molar-refractivity contribution is 0.0711. The molecule has 3 aromatic rings. The second-order valence-electron chi connectivity index (χ2n) is 6.03. The molecule has 0 unspecified atom stereocenters. The highest BCUT2D eigenvalue weighted by atomic mass is 35.5.